The van der Waals surface area contributed by atoms with E-state index in [4.69, 9.17) is 10.5 Å². The number of hydrogen-bond donors (Lipinski definition) is 2. The summed E-state index contributed by atoms with van der Waals surface area (Å²) in [4.78, 5) is 11.6. The standard InChI is InChI=1S/C13H28N2O2/c1-5-11(4)12(14)13(16)15-8-6-7-9-17-10(2)3/h10-12H,5-9,14H2,1-4H3,(H,15,16)/t11-,12-/m0/s1. The zero-order valence-electron chi connectivity index (χ0n) is 11.7. The maximum atomic E-state index is 11.6. The fourth-order valence-electron chi connectivity index (χ4n) is 1.39. The van der Waals surface area contributed by atoms with Crippen LogP contribution in [-0.2, 0) is 9.53 Å². The molecule has 0 spiro atoms. The van der Waals surface area contributed by atoms with Gasteiger partial charge in [0.15, 0.2) is 0 Å². The zero-order valence-corrected chi connectivity index (χ0v) is 11.7. The SMILES string of the molecule is CC[C@H](C)[C@H](N)C(=O)NCCCCOC(C)C. The molecule has 0 aromatic rings. The van der Waals surface area contributed by atoms with E-state index in [0.717, 1.165) is 25.9 Å². The van der Waals surface area contributed by atoms with E-state index in [2.05, 4.69) is 5.32 Å². The molecule has 0 saturated heterocycles. The molecular formula is C13H28N2O2. The maximum absolute atomic E-state index is 11.6. The minimum atomic E-state index is -0.382. The molecule has 4 heteroatoms. The molecule has 0 aliphatic heterocycles. The Morgan fingerprint density at radius 1 is 1.29 bits per heavy atom. The summed E-state index contributed by atoms with van der Waals surface area (Å²) in [6.07, 6.45) is 3.11. The molecule has 0 aliphatic carbocycles. The van der Waals surface area contributed by atoms with Gasteiger partial charge in [0.2, 0.25) is 5.91 Å². The van der Waals surface area contributed by atoms with E-state index in [1.54, 1.807) is 0 Å². The molecule has 4 nitrogen and oxygen atoms in total. The minimum absolute atomic E-state index is 0.0378. The molecular weight excluding hydrogens is 216 g/mol. The third kappa shape index (κ3) is 8.16. The molecule has 3 N–H and O–H groups in total. The lowest BCUT2D eigenvalue weighted by Gasteiger charge is -2.17. The van der Waals surface area contributed by atoms with Crippen LogP contribution >= 0.6 is 0 Å². The van der Waals surface area contributed by atoms with Crippen molar-refractivity contribution in [2.45, 2.75) is 59.1 Å². The fraction of sp³-hybridized carbons (Fsp3) is 0.923. The normalized spacial score (nSPS) is 14.7. The van der Waals surface area contributed by atoms with Gasteiger partial charge in [-0.15, -0.1) is 0 Å². The second-order valence-electron chi connectivity index (χ2n) is 4.83. The van der Waals surface area contributed by atoms with Gasteiger partial charge < -0.3 is 15.8 Å². The van der Waals surface area contributed by atoms with Crippen LogP contribution in [0.25, 0.3) is 0 Å². The highest BCUT2D eigenvalue weighted by Gasteiger charge is 2.18. The van der Waals surface area contributed by atoms with Gasteiger partial charge >= 0.3 is 0 Å². The summed E-state index contributed by atoms with van der Waals surface area (Å²) in [5.74, 6) is 0.198. The highest BCUT2D eigenvalue weighted by Crippen LogP contribution is 2.05. The van der Waals surface area contributed by atoms with Gasteiger partial charge in [-0.3, -0.25) is 4.79 Å². The lowest BCUT2D eigenvalue weighted by molar-refractivity contribution is -0.123. The first-order chi connectivity index (χ1) is 7.99. The highest BCUT2D eigenvalue weighted by molar-refractivity contribution is 5.81. The van der Waals surface area contributed by atoms with Crippen molar-refractivity contribution in [1.82, 2.24) is 5.32 Å². The number of carbonyl (C=O) groups is 1. The van der Waals surface area contributed by atoms with E-state index in [-0.39, 0.29) is 24.0 Å². The summed E-state index contributed by atoms with van der Waals surface area (Å²) in [5, 5.41) is 2.87. The van der Waals surface area contributed by atoms with Crippen LogP contribution in [0.2, 0.25) is 0 Å². The fourth-order valence-corrected chi connectivity index (χ4v) is 1.39. The number of rotatable bonds is 9. The van der Waals surface area contributed by atoms with E-state index in [1.165, 1.54) is 0 Å². The Morgan fingerprint density at radius 2 is 1.94 bits per heavy atom. The van der Waals surface area contributed by atoms with Gasteiger partial charge in [-0.25, -0.2) is 0 Å². The van der Waals surface area contributed by atoms with Crippen LogP contribution in [-0.4, -0.2) is 31.2 Å². The van der Waals surface area contributed by atoms with Crippen molar-refractivity contribution in [3.63, 3.8) is 0 Å². The second-order valence-corrected chi connectivity index (χ2v) is 4.83. The zero-order chi connectivity index (χ0) is 13.3. The van der Waals surface area contributed by atoms with Gasteiger partial charge in [0.25, 0.3) is 0 Å². The quantitative estimate of drug-likeness (QED) is 0.607. The van der Waals surface area contributed by atoms with Crippen molar-refractivity contribution in [1.29, 1.82) is 0 Å². The average Bonchev–Trinajstić information content (AvgIpc) is 2.30. The van der Waals surface area contributed by atoms with Crippen LogP contribution < -0.4 is 11.1 Å². The Hall–Kier alpha value is -0.610. The molecule has 0 bridgehead atoms. The van der Waals surface area contributed by atoms with Gasteiger partial charge in [-0.1, -0.05) is 20.3 Å². The van der Waals surface area contributed by atoms with Crippen LogP contribution in [0, 0.1) is 5.92 Å². The molecule has 0 heterocycles. The predicted octanol–water partition coefficient (Wildman–Crippen LogP) is 1.68. The summed E-state index contributed by atoms with van der Waals surface area (Å²) in [6, 6.07) is -0.382. The summed E-state index contributed by atoms with van der Waals surface area (Å²) < 4.78 is 5.41. The predicted molar refractivity (Wildman–Crippen MR) is 70.8 cm³/mol. The maximum Gasteiger partial charge on any atom is 0.237 e. The van der Waals surface area contributed by atoms with E-state index in [0.29, 0.717) is 6.54 Å². The Labute approximate surface area is 105 Å². The Morgan fingerprint density at radius 3 is 2.47 bits per heavy atom. The lowest BCUT2D eigenvalue weighted by Crippen LogP contribution is -2.44. The molecule has 0 fully saturated rings. The number of nitrogens with one attached hydrogen (secondary N) is 1. The van der Waals surface area contributed by atoms with Crippen LogP contribution in [0.4, 0.5) is 0 Å². The van der Waals surface area contributed by atoms with Crippen molar-refractivity contribution in [2.75, 3.05) is 13.2 Å². The molecule has 102 valence electrons. The van der Waals surface area contributed by atoms with Gasteiger partial charge in [0.1, 0.15) is 0 Å². The first-order valence-corrected chi connectivity index (χ1v) is 6.63. The van der Waals surface area contributed by atoms with E-state index < -0.39 is 0 Å². The Bertz CT molecular complexity index is 208. The molecule has 0 unspecified atom stereocenters. The van der Waals surface area contributed by atoms with Gasteiger partial charge in [0, 0.05) is 13.2 Å². The number of hydrogen-bond acceptors (Lipinski definition) is 3. The summed E-state index contributed by atoms with van der Waals surface area (Å²) in [6.45, 7) is 9.52. The average molecular weight is 244 g/mol. The molecule has 0 radical (unpaired) electrons. The lowest BCUT2D eigenvalue weighted by atomic mass is 9.99. The molecule has 0 aliphatic rings. The van der Waals surface area contributed by atoms with Crippen LogP contribution in [0.3, 0.4) is 0 Å². The summed E-state index contributed by atoms with van der Waals surface area (Å²) in [5.41, 5.74) is 5.82. The number of amides is 1. The largest absolute Gasteiger partial charge is 0.379 e. The number of carbonyl (C=O) groups excluding carboxylic acids is 1. The second kappa shape index (κ2) is 9.42. The first kappa shape index (κ1) is 16.4. The molecule has 1 amide bonds. The molecule has 2 atom stereocenters. The van der Waals surface area contributed by atoms with Crippen LogP contribution in [0.1, 0.15) is 47.0 Å². The molecule has 0 rings (SSSR count). The number of ether oxygens (including phenoxy) is 1. The van der Waals surface area contributed by atoms with Crippen molar-refractivity contribution >= 4 is 5.91 Å². The topological polar surface area (TPSA) is 64.4 Å². The Balaban J connectivity index is 3.51. The van der Waals surface area contributed by atoms with Gasteiger partial charge in [0.05, 0.1) is 12.1 Å². The van der Waals surface area contributed by atoms with Gasteiger partial charge in [-0.05, 0) is 32.6 Å². The third-order valence-corrected chi connectivity index (χ3v) is 2.88. The number of unbranched alkanes of at least 4 members (excludes halogenated alkanes) is 1. The van der Waals surface area contributed by atoms with E-state index in [1.807, 2.05) is 27.7 Å². The van der Waals surface area contributed by atoms with Gasteiger partial charge in [-0.2, -0.15) is 0 Å². The van der Waals surface area contributed by atoms with E-state index in [9.17, 15) is 4.79 Å². The molecule has 17 heavy (non-hydrogen) atoms. The van der Waals surface area contributed by atoms with Crippen molar-refractivity contribution in [3.05, 3.63) is 0 Å². The molecule has 0 aromatic carbocycles. The molecule has 0 aromatic heterocycles. The van der Waals surface area contributed by atoms with Crippen molar-refractivity contribution < 1.29 is 9.53 Å². The monoisotopic (exact) mass is 244 g/mol. The Kier molecular flexibility index (Phi) is 9.09. The summed E-state index contributed by atoms with van der Waals surface area (Å²) >= 11 is 0. The molecule has 0 saturated carbocycles. The van der Waals surface area contributed by atoms with Crippen molar-refractivity contribution in [3.8, 4) is 0 Å². The summed E-state index contributed by atoms with van der Waals surface area (Å²) in [7, 11) is 0. The first-order valence-electron chi connectivity index (χ1n) is 6.63. The van der Waals surface area contributed by atoms with E-state index >= 15 is 0 Å². The minimum Gasteiger partial charge on any atom is -0.379 e. The third-order valence-electron chi connectivity index (χ3n) is 2.88. The number of nitrogens with two attached hydrogens (primary N) is 1. The van der Waals surface area contributed by atoms with Crippen molar-refractivity contribution in [2.24, 2.45) is 11.7 Å². The van der Waals surface area contributed by atoms with Crippen LogP contribution in [0.15, 0.2) is 0 Å². The van der Waals surface area contributed by atoms with Crippen LogP contribution in [0.5, 0.6) is 0 Å². The smallest absolute Gasteiger partial charge is 0.237 e. The highest BCUT2D eigenvalue weighted by atomic mass is 16.5.